The SMILES string of the molecule is O=[N+]([O-])c1cc(Br)cc(CNCCc2ccco2)c1. The molecule has 100 valence electrons. The Bertz CT molecular complexity index is 555. The van der Waals surface area contributed by atoms with Crippen molar-refractivity contribution in [3.05, 3.63) is 62.5 Å². The maximum atomic E-state index is 10.7. The zero-order chi connectivity index (χ0) is 13.7. The largest absolute Gasteiger partial charge is 0.469 e. The summed E-state index contributed by atoms with van der Waals surface area (Å²) >= 11 is 3.27. The number of nitrogens with zero attached hydrogens (tertiary/aromatic N) is 1. The third kappa shape index (κ3) is 4.18. The summed E-state index contributed by atoms with van der Waals surface area (Å²) in [5.41, 5.74) is 0.970. The van der Waals surface area contributed by atoms with E-state index >= 15 is 0 Å². The molecule has 0 bridgehead atoms. The van der Waals surface area contributed by atoms with Gasteiger partial charge in [-0.2, -0.15) is 0 Å². The Kier molecular flexibility index (Phi) is 4.70. The molecule has 0 unspecified atom stereocenters. The van der Waals surface area contributed by atoms with Gasteiger partial charge in [0.25, 0.3) is 5.69 Å². The topological polar surface area (TPSA) is 68.3 Å². The number of nitrogens with one attached hydrogen (secondary N) is 1. The highest BCUT2D eigenvalue weighted by atomic mass is 79.9. The summed E-state index contributed by atoms with van der Waals surface area (Å²) < 4.78 is 5.93. The molecule has 0 saturated heterocycles. The molecular formula is C13H13BrN2O3. The molecule has 1 N–H and O–H groups in total. The van der Waals surface area contributed by atoms with E-state index < -0.39 is 4.92 Å². The minimum Gasteiger partial charge on any atom is -0.469 e. The molecule has 0 atom stereocenters. The minimum absolute atomic E-state index is 0.0946. The number of furan rings is 1. The standard InChI is InChI=1S/C13H13BrN2O3/c14-11-6-10(7-12(8-11)16(17)18)9-15-4-3-13-2-1-5-19-13/h1-2,5-8,15H,3-4,9H2. The smallest absolute Gasteiger partial charge is 0.270 e. The number of hydrogen-bond acceptors (Lipinski definition) is 4. The molecule has 0 fully saturated rings. The Morgan fingerprint density at radius 2 is 2.21 bits per heavy atom. The van der Waals surface area contributed by atoms with Gasteiger partial charge in [0.2, 0.25) is 0 Å². The predicted octanol–water partition coefficient (Wildman–Crippen LogP) is 3.28. The van der Waals surface area contributed by atoms with Crippen molar-refractivity contribution < 1.29 is 9.34 Å². The van der Waals surface area contributed by atoms with Crippen LogP contribution in [0.25, 0.3) is 0 Å². The van der Waals surface area contributed by atoms with Gasteiger partial charge in [-0.25, -0.2) is 0 Å². The highest BCUT2D eigenvalue weighted by Crippen LogP contribution is 2.21. The van der Waals surface area contributed by atoms with E-state index in [2.05, 4.69) is 21.2 Å². The Balaban J connectivity index is 1.87. The van der Waals surface area contributed by atoms with E-state index in [1.807, 2.05) is 18.2 Å². The molecule has 0 amide bonds. The van der Waals surface area contributed by atoms with E-state index in [1.165, 1.54) is 6.07 Å². The van der Waals surface area contributed by atoms with Crippen LogP contribution in [0.15, 0.2) is 45.5 Å². The number of rotatable bonds is 6. The first-order valence-electron chi connectivity index (χ1n) is 5.82. The molecule has 6 heteroatoms. The van der Waals surface area contributed by atoms with E-state index in [1.54, 1.807) is 12.3 Å². The highest BCUT2D eigenvalue weighted by Gasteiger charge is 2.08. The Hall–Kier alpha value is -1.66. The first-order valence-corrected chi connectivity index (χ1v) is 6.61. The summed E-state index contributed by atoms with van der Waals surface area (Å²) in [5.74, 6) is 0.924. The molecule has 5 nitrogen and oxygen atoms in total. The number of nitro groups is 1. The first-order chi connectivity index (χ1) is 9.15. The second-order valence-electron chi connectivity index (χ2n) is 4.08. The van der Waals surface area contributed by atoms with Crippen molar-refractivity contribution in [2.75, 3.05) is 6.54 Å². The molecule has 1 aromatic carbocycles. The normalized spacial score (nSPS) is 10.6. The zero-order valence-electron chi connectivity index (χ0n) is 10.1. The Morgan fingerprint density at radius 1 is 1.37 bits per heavy atom. The molecule has 0 spiro atoms. The lowest BCUT2D eigenvalue weighted by atomic mass is 10.2. The third-order valence-electron chi connectivity index (χ3n) is 2.61. The molecule has 0 aliphatic heterocycles. The fourth-order valence-corrected chi connectivity index (χ4v) is 2.27. The number of hydrogen-bond donors (Lipinski definition) is 1. The van der Waals surface area contributed by atoms with Crippen LogP contribution in [0.4, 0.5) is 5.69 Å². The van der Waals surface area contributed by atoms with Crippen LogP contribution in [0.2, 0.25) is 0 Å². The summed E-state index contributed by atoms with van der Waals surface area (Å²) in [4.78, 5) is 10.4. The summed E-state index contributed by atoms with van der Waals surface area (Å²) in [6.45, 7) is 1.34. The maximum Gasteiger partial charge on any atom is 0.270 e. The zero-order valence-corrected chi connectivity index (χ0v) is 11.7. The Morgan fingerprint density at radius 3 is 2.89 bits per heavy atom. The van der Waals surface area contributed by atoms with Gasteiger partial charge in [-0.15, -0.1) is 0 Å². The van der Waals surface area contributed by atoms with E-state index in [0.717, 1.165) is 24.3 Å². The van der Waals surface area contributed by atoms with E-state index in [-0.39, 0.29) is 5.69 Å². The fraction of sp³-hybridized carbons (Fsp3) is 0.231. The first kappa shape index (κ1) is 13.8. The van der Waals surface area contributed by atoms with Gasteiger partial charge in [-0.3, -0.25) is 10.1 Å². The van der Waals surface area contributed by atoms with Crippen molar-refractivity contribution in [2.24, 2.45) is 0 Å². The molecule has 0 saturated carbocycles. The van der Waals surface area contributed by atoms with E-state index in [4.69, 9.17) is 4.42 Å². The second-order valence-corrected chi connectivity index (χ2v) is 5.00. The molecule has 19 heavy (non-hydrogen) atoms. The lowest BCUT2D eigenvalue weighted by Crippen LogP contribution is -2.16. The van der Waals surface area contributed by atoms with Crippen molar-refractivity contribution in [3.8, 4) is 0 Å². The number of halogens is 1. The van der Waals surface area contributed by atoms with Crippen LogP contribution in [0.1, 0.15) is 11.3 Å². The average molecular weight is 325 g/mol. The average Bonchev–Trinajstić information content (AvgIpc) is 2.87. The van der Waals surface area contributed by atoms with Gasteiger partial charge in [0.05, 0.1) is 11.2 Å². The van der Waals surface area contributed by atoms with Crippen LogP contribution in [0, 0.1) is 10.1 Å². The van der Waals surface area contributed by atoms with Gasteiger partial charge in [-0.05, 0) is 23.8 Å². The van der Waals surface area contributed by atoms with Crippen LogP contribution in [-0.4, -0.2) is 11.5 Å². The molecule has 0 aliphatic rings. The number of non-ortho nitro benzene ring substituents is 1. The quantitative estimate of drug-likeness (QED) is 0.503. The highest BCUT2D eigenvalue weighted by molar-refractivity contribution is 9.10. The molecule has 0 aliphatic carbocycles. The summed E-state index contributed by atoms with van der Waals surface area (Å²) in [7, 11) is 0. The fourth-order valence-electron chi connectivity index (χ4n) is 1.74. The van der Waals surface area contributed by atoms with Crippen molar-refractivity contribution in [1.82, 2.24) is 5.32 Å². The van der Waals surface area contributed by atoms with Crippen molar-refractivity contribution in [3.63, 3.8) is 0 Å². The van der Waals surface area contributed by atoms with Gasteiger partial charge < -0.3 is 9.73 Å². The van der Waals surface area contributed by atoms with Crippen molar-refractivity contribution >= 4 is 21.6 Å². The van der Waals surface area contributed by atoms with Gasteiger partial charge in [0.15, 0.2) is 0 Å². The van der Waals surface area contributed by atoms with Crippen molar-refractivity contribution in [2.45, 2.75) is 13.0 Å². The van der Waals surface area contributed by atoms with Crippen LogP contribution in [-0.2, 0) is 13.0 Å². The minimum atomic E-state index is -0.392. The predicted molar refractivity (Wildman–Crippen MR) is 74.9 cm³/mol. The number of benzene rings is 1. The van der Waals surface area contributed by atoms with Crippen LogP contribution in [0.3, 0.4) is 0 Å². The summed E-state index contributed by atoms with van der Waals surface area (Å²) in [5, 5.41) is 14.0. The van der Waals surface area contributed by atoms with Crippen LogP contribution < -0.4 is 5.32 Å². The lowest BCUT2D eigenvalue weighted by Gasteiger charge is -2.04. The van der Waals surface area contributed by atoms with E-state index in [9.17, 15) is 10.1 Å². The maximum absolute atomic E-state index is 10.7. The molecular weight excluding hydrogens is 312 g/mol. The van der Waals surface area contributed by atoms with Gasteiger partial charge >= 0.3 is 0 Å². The second kappa shape index (κ2) is 6.49. The molecule has 1 aromatic heterocycles. The van der Waals surface area contributed by atoms with Gasteiger partial charge in [-0.1, -0.05) is 15.9 Å². The lowest BCUT2D eigenvalue weighted by molar-refractivity contribution is -0.385. The van der Waals surface area contributed by atoms with Crippen LogP contribution >= 0.6 is 15.9 Å². The molecule has 0 radical (unpaired) electrons. The monoisotopic (exact) mass is 324 g/mol. The third-order valence-corrected chi connectivity index (χ3v) is 3.07. The molecule has 1 heterocycles. The van der Waals surface area contributed by atoms with E-state index in [0.29, 0.717) is 11.0 Å². The Labute approximate surface area is 118 Å². The number of nitro benzene ring substituents is 1. The van der Waals surface area contributed by atoms with Crippen LogP contribution in [0.5, 0.6) is 0 Å². The van der Waals surface area contributed by atoms with Gasteiger partial charge in [0, 0.05) is 36.1 Å². The van der Waals surface area contributed by atoms with Gasteiger partial charge in [0.1, 0.15) is 5.76 Å². The molecule has 2 rings (SSSR count). The summed E-state index contributed by atoms with van der Waals surface area (Å²) in [6, 6.07) is 8.71. The molecule has 2 aromatic rings. The van der Waals surface area contributed by atoms with Crippen molar-refractivity contribution in [1.29, 1.82) is 0 Å². The summed E-state index contributed by atoms with van der Waals surface area (Å²) in [6.07, 6.45) is 2.44.